The summed E-state index contributed by atoms with van der Waals surface area (Å²) in [4.78, 5) is 41.7. The van der Waals surface area contributed by atoms with Gasteiger partial charge in [-0.3, -0.25) is 19.3 Å². The number of ketones is 1. The molecule has 0 aliphatic carbocycles. The van der Waals surface area contributed by atoms with Crippen molar-refractivity contribution in [3.05, 3.63) is 65.7 Å². The van der Waals surface area contributed by atoms with E-state index in [9.17, 15) is 23.2 Å². The summed E-state index contributed by atoms with van der Waals surface area (Å²) in [7, 11) is 0. The highest BCUT2D eigenvalue weighted by Gasteiger charge is 2.31. The average Bonchev–Trinajstić information content (AvgIpc) is 2.86. The van der Waals surface area contributed by atoms with Crippen LogP contribution in [-0.2, 0) is 9.59 Å². The third-order valence-corrected chi connectivity index (χ3v) is 6.77. The van der Waals surface area contributed by atoms with Crippen LogP contribution in [0.5, 0.6) is 0 Å². The minimum absolute atomic E-state index is 0.0141. The van der Waals surface area contributed by atoms with Gasteiger partial charge in [-0.15, -0.1) is 0 Å². The number of nitrogens with one attached hydrogen (secondary N) is 1. The van der Waals surface area contributed by atoms with Gasteiger partial charge in [-0.05, 0) is 69.1 Å². The summed E-state index contributed by atoms with van der Waals surface area (Å²) < 4.78 is 27.4. The molecule has 2 aliphatic rings. The lowest BCUT2D eigenvalue weighted by atomic mass is 9.88. The number of Topliss-reactive ketones (excluding diaryl/α,β-unsaturated/α-hetero) is 1. The van der Waals surface area contributed by atoms with Gasteiger partial charge >= 0.3 is 0 Å². The highest BCUT2D eigenvalue weighted by atomic mass is 19.1. The molecule has 0 bridgehead atoms. The topological polar surface area (TPSA) is 69.7 Å². The summed E-state index contributed by atoms with van der Waals surface area (Å²) in [5.74, 6) is -2.20. The van der Waals surface area contributed by atoms with E-state index in [-0.39, 0.29) is 41.5 Å². The minimum atomic E-state index is -0.704. The Morgan fingerprint density at radius 1 is 0.853 bits per heavy atom. The van der Waals surface area contributed by atoms with Gasteiger partial charge in [0.2, 0.25) is 11.8 Å². The summed E-state index contributed by atoms with van der Waals surface area (Å²) >= 11 is 0. The first kappa shape index (κ1) is 24.0. The van der Waals surface area contributed by atoms with E-state index < -0.39 is 11.6 Å². The van der Waals surface area contributed by atoms with Gasteiger partial charge in [0.25, 0.3) is 0 Å². The molecule has 0 aromatic heterocycles. The van der Waals surface area contributed by atoms with Crippen molar-refractivity contribution in [3.63, 3.8) is 0 Å². The Balaban J connectivity index is 1.21. The first-order chi connectivity index (χ1) is 16.4. The molecule has 2 amide bonds. The van der Waals surface area contributed by atoms with Crippen molar-refractivity contribution in [3.8, 4) is 0 Å². The molecule has 180 valence electrons. The Hall–Kier alpha value is -3.13. The molecule has 2 aromatic rings. The van der Waals surface area contributed by atoms with Gasteiger partial charge in [0.05, 0.1) is 12.1 Å². The summed E-state index contributed by atoms with van der Waals surface area (Å²) in [5.41, 5.74) is 0.571. The number of carbonyl (C=O) groups is 3. The SMILES string of the molecule is O=C(Nc1ccccc1)C1CCN(C(=O)CN2CCC(C(=O)c3cc(F)ccc3F)CC2)CC1. The van der Waals surface area contributed by atoms with Gasteiger partial charge in [-0.1, -0.05) is 18.2 Å². The van der Waals surface area contributed by atoms with E-state index in [4.69, 9.17) is 0 Å². The number of nitrogens with zero attached hydrogens (tertiary/aromatic N) is 2. The lowest BCUT2D eigenvalue weighted by Gasteiger charge is -2.35. The Morgan fingerprint density at radius 3 is 2.18 bits per heavy atom. The average molecular weight is 470 g/mol. The predicted octanol–water partition coefficient (Wildman–Crippen LogP) is 3.74. The maximum atomic E-state index is 13.9. The number of likely N-dealkylation sites (tertiary alicyclic amines) is 2. The van der Waals surface area contributed by atoms with Gasteiger partial charge in [0, 0.05) is 30.6 Å². The number of carbonyl (C=O) groups excluding carboxylic acids is 3. The van der Waals surface area contributed by atoms with E-state index in [1.54, 1.807) is 4.90 Å². The fourth-order valence-electron chi connectivity index (χ4n) is 4.71. The zero-order valence-electron chi connectivity index (χ0n) is 19.0. The van der Waals surface area contributed by atoms with E-state index in [1.165, 1.54) is 0 Å². The lowest BCUT2D eigenvalue weighted by Crippen LogP contribution is -2.47. The molecule has 1 N–H and O–H groups in total. The third-order valence-electron chi connectivity index (χ3n) is 6.77. The number of benzene rings is 2. The highest BCUT2D eigenvalue weighted by molar-refractivity contribution is 5.98. The van der Waals surface area contributed by atoms with Crippen molar-refractivity contribution in [2.24, 2.45) is 11.8 Å². The number of rotatable bonds is 6. The molecular formula is C26H29F2N3O3. The van der Waals surface area contributed by atoms with Gasteiger partial charge in [0.15, 0.2) is 5.78 Å². The molecule has 34 heavy (non-hydrogen) atoms. The second kappa shape index (κ2) is 10.9. The number of para-hydroxylation sites is 1. The molecule has 8 heteroatoms. The molecule has 2 aromatic carbocycles. The van der Waals surface area contributed by atoms with Crippen LogP contribution in [0.2, 0.25) is 0 Å². The van der Waals surface area contributed by atoms with Crippen LogP contribution in [0.4, 0.5) is 14.5 Å². The van der Waals surface area contributed by atoms with Crippen molar-refractivity contribution >= 4 is 23.3 Å². The molecule has 2 heterocycles. The highest BCUT2D eigenvalue weighted by Crippen LogP contribution is 2.24. The molecule has 0 spiro atoms. The van der Waals surface area contributed by atoms with Crippen LogP contribution in [0.15, 0.2) is 48.5 Å². The first-order valence-electron chi connectivity index (χ1n) is 11.8. The smallest absolute Gasteiger partial charge is 0.236 e. The molecule has 0 atom stereocenters. The molecule has 2 fully saturated rings. The molecular weight excluding hydrogens is 440 g/mol. The lowest BCUT2D eigenvalue weighted by molar-refractivity contribution is -0.135. The molecule has 4 rings (SSSR count). The van der Waals surface area contributed by atoms with Crippen LogP contribution in [-0.4, -0.2) is 60.1 Å². The Labute approximate surface area is 197 Å². The summed E-state index contributed by atoms with van der Waals surface area (Å²) in [5, 5.41) is 2.93. The standard InChI is InChI=1S/C26H29F2N3O3/c27-20-6-7-23(28)22(16-20)25(33)18-8-12-30(13-9-18)17-24(32)31-14-10-19(11-15-31)26(34)29-21-4-2-1-3-5-21/h1-7,16,18-19H,8-15,17H2,(H,29,34). The van der Waals surface area contributed by atoms with E-state index in [0.29, 0.717) is 51.9 Å². The summed E-state index contributed by atoms with van der Waals surface area (Å²) in [6.45, 7) is 2.44. The number of hydrogen-bond acceptors (Lipinski definition) is 4. The predicted molar refractivity (Wildman–Crippen MR) is 124 cm³/mol. The second-order valence-electron chi connectivity index (χ2n) is 9.05. The minimum Gasteiger partial charge on any atom is -0.342 e. The zero-order valence-corrected chi connectivity index (χ0v) is 19.0. The van der Waals surface area contributed by atoms with Gasteiger partial charge in [-0.25, -0.2) is 8.78 Å². The summed E-state index contributed by atoms with van der Waals surface area (Å²) in [6.07, 6.45) is 2.26. The molecule has 0 radical (unpaired) electrons. The van der Waals surface area contributed by atoms with Crippen LogP contribution in [0.3, 0.4) is 0 Å². The Kier molecular flexibility index (Phi) is 7.67. The maximum Gasteiger partial charge on any atom is 0.236 e. The maximum absolute atomic E-state index is 13.9. The van der Waals surface area contributed by atoms with Crippen molar-refractivity contribution in [1.29, 1.82) is 0 Å². The Bertz CT molecular complexity index is 1030. The fourth-order valence-corrected chi connectivity index (χ4v) is 4.71. The monoisotopic (exact) mass is 469 g/mol. The zero-order chi connectivity index (χ0) is 24.1. The largest absolute Gasteiger partial charge is 0.342 e. The van der Waals surface area contributed by atoms with Crippen molar-refractivity contribution in [1.82, 2.24) is 9.80 Å². The van der Waals surface area contributed by atoms with Gasteiger partial charge < -0.3 is 10.2 Å². The number of hydrogen-bond donors (Lipinski definition) is 1. The first-order valence-corrected chi connectivity index (χ1v) is 11.8. The van der Waals surface area contributed by atoms with E-state index >= 15 is 0 Å². The van der Waals surface area contributed by atoms with Crippen molar-refractivity contribution in [2.75, 3.05) is 38.0 Å². The van der Waals surface area contributed by atoms with Crippen LogP contribution < -0.4 is 5.32 Å². The van der Waals surface area contributed by atoms with E-state index in [2.05, 4.69) is 5.32 Å². The van der Waals surface area contributed by atoms with Crippen LogP contribution in [0.25, 0.3) is 0 Å². The van der Waals surface area contributed by atoms with Crippen LogP contribution in [0, 0.1) is 23.5 Å². The molecule has 2 aliphatic heterocycles. The fraction of sp³-hybridized carbons (Fsp3) is 0.423. The summed E-state index contributed by atoms with van der Waals surface area (Å²) in [6, 6.07) is 12.3. The second-order valence-corrected chi connectivity index (χ2v) is 9.05. The molecule has 0 saturated carbocycles. The quantitative estimate of drug-likeness (QED) is 0.655. The van der Waals surface area contributed by atoms with E-state index in [0.717, 1.165) is 23.9 Å². The van der Waals surface area contributed by atoms with Crippen LogP contribution in [0.1, 0.15) is 36.0 Å². The molecule has 6 nitrogen and oxygen atoms in total. The number of anilines is 1. The normalized spacial score (nSPS) is 18.0. The number of piperidine rings is 2. The third kappa shape index (κ3) is 5.86. The van der Waals surface area contributed by atoms with Crippen molar-refractivity contribution in [2.45, 2.75) is 25.7 Å². The van der Waals surface area contributed by atoms with Gasteiger partial charge in [-0.2, -0.15) is 0 Å². The number of amides is 2. The molecule has 2 saturated heterocycles. The molecule has 0 unspecified atom stereocenters. The van der Waals surface area contributed by atoms with E-state index in [1.807, 2.05) is 35.2 Å². The van der Waals surface area contributed by atoms with Crippen LogP contribution >= 0.6 is 0 Å². The van der Waals surface area contributed by atoms with Gasteiger partial charge in [0.1, 0.15) is 11.6 Å². The Morgan fingerprint density at radius 2 is 1.50 bits per heavy atom. The number of halogens is 2. The van der Waals surface area contributed by atoms with Crippen molar-refractivity contribution < 1.29 is 23.2 Å².